The molecular formula is C50H66N10O4Si2. The zero-order valence-corrected chi connectivity index (χ0v) is 42.1. The number of hydrogen-bond acceptors (Lipinski definition) is 10. The van der Waals surface area contributed by atoms with E-state index in [0.29, 0.717) is 69.9 Å². The van der Waals surface area contributed by atoms with Crippen LogP contribution in [0.15, 0.2) is 85.5 Å². The maximum absolute atomic E-state index is 12.8. The predicted molar refractivity (Wildman–Crippen MR) is 264 cm³/mol. The van der Waals surface area contributed by atoms with Crippen molar-refractivity contribution in [1.82, 2.24) is 49.3 Å². The minimum atomic E-state index is -1.17. The molecule has 4 aromatic heterocycles. The summed E-state index contributed by atoms with van der Waals surface area (Å²) in [6.45, 7) is 23.2. The van der Waals surface area contributed by atoms with Gasteiger partial charge in [0.1, 0.15) is 0 Å². The van der Waals surface area contributed by atoms with Gasteiger partial charge < -0.3 is 19.3 Å². The predicted octanol–water partition coefficient (Wildman–Crippen LogP) is 8.68. The highest BCUT2D eigenvalue weighted by atomic mass is 28.3. The van der Waals surface area contributed by atoms with Gasteiger partial charge in [0.25, 0.3) is 0 Å². The Morgan fingerprint density at radius 1 is 0.606 bits per heavy atom. The van der Waals surface area contributed by atoms with Crippen molar-refractivity contribution in [2.75, 3.05) is 26.3 Å². The van der Waals surface area contributed by atoms with Gasteiger partial charge >= 0.3 is 6.01 Å². The fraction of sp³-hybridized carbons (Fsp3) is 0.440. The molecule has 16 heteroatoms. The quantitative estimate of drug-likeness (QED) is 0.0865. The van der Waals surface area contributed by atoms with Gasteiger partial charge in [-0.3, -0.25) is 19.0 Å². The maximum atomic E-state index is 12.8. The molecule has 0 spiro atoms. The van der Waals surface area contributed by atoms with Gasteiger partial charge in [0, 0.05) is 104 Å². The second-order valence-electron chi connectivity index (χ2n) is 19.8. The SMILES string of the molecule is Cc1cc(-c2cnn(CCC(=O)N3CCc4ccccc4C3)c2)nc(OCC[Si](C)(C)C)n1.Cc1cc(OCC[Si](C)(C)C)nc(-c2cnn(CCC(=O)N3CCc4ccccc4C3)c2)n1. The van der Waals surface area contributed by atoms with E-state index in [-0.39, 0.29) is 11.8 Å². The second-order valence-corrected chi connectivity index (χ2v) is 31.1. The maximum Gasteiger partial charge on any atom is 0.317 e. The van der Waals surface area contributed by atoms with Crippen LogP contribution in [0.2, 0.25) is 51.4 Å². The summed E-state index contributed by atoms with van der Waals surface area (Å²) in [5, 5.41) is 8.88. The van der Waals surface area contributed by atoms with Crippen LogP contribution in [0.5, 0.6) is 11.9 Å². The van der Waals surface area contributed by atoms with Crippen molar-refractivity contribution in [1.29, 1.82) is 0 Å². The van der Waals surface area contributed by atoms with Crippen LogP contribution < -0.4 is 9.47 Å². The fourth-order valence-corrected chi connectivity index (χ4v) is 9.21. The van der Waals surface area contributed by atoms with E-state index in [4.69, 9.17) is 9.47 Å². The number of rotatable bonds is 16. The van der Waals surface area contributed by atoms with Crippen molar-refractivity contribution in [2.45, 2.75) is 117 Å². The van der Waals surface area contributed by atoms with Crippen LogP contribution in [0.25, 0.3) is 22.6 Å². The Kier molecular flexibility index (Phi) is 15.6. The zero-order chi connectivity index (χ0) is 46.8. The molecule has 0 atom stereocenters. The van der Waals surface area contributed by atoms with Gasteiger partial charge in [0.2, 0.25) is 17.7 Å². The van der Waals surface area contributed by atoms with E-state index in [1.807, 2.05) is 65.0 Å². The number of nitrogens with zero attached hydrogens (tertiary/aromatic N) is 10. The first kappa shape index (κ1) is 47.9. The van der Waals surface area contributed by atoms with Crippen LogP contribution in [0.1, 0.15) is 46.5 Å². The lowest BCUT2D eigenvalue weighted by molar-refractivity contribution is -0.133. The molecule has 8 rings (SSSR count). The number of aryl methyl sites for hydroxylation is 4. The van der Waals surface area contributed by atoms with E-state index in [1.165, 1.54) is 22.3 Å². The third kappa shape index (κ3) is 14.0. The first-order valence-corrected chi connectivity index (χ1v) is 30.7. The zero-order valence-electron chi connectivity index (χ0n) is 40.1. The molecule has 14 nitrogen and oxygen atoms in total. The highest BCUT2D eigenvalue weighted by molar-refractivity contribution is 6.76. The summed E-state index contributed by atoms with van der Waals surface area (Å²) in [5.74, 6) is 1.52. The molecule has 2 aliphatic heterocycles. The summed E-state index contributed by atoms with van der Waals surface area (Å²) in [4.78, 5) is 47.6. The Labute approximate surface area is 391 Å². The molecule has 0 saturated heterocycles. The molecule has 0 radical (unpaired) electrons. The molecular weight excluding hydrogens is 861 g/mol. The number of aromatic nitrogens is 8. The van der Waals surface area contributed by atoms with Crippen LogP contribution in [0, 0.1) is 13.8 Å². The van der Waals surface area contributed by atoms with Crippen LogP contribution in [0.3, 0.4) is 0 Å². The van der Waals surface area contributed by atoms with E-state index in [9.17, 15) is 9.59 Å². The largest absolute Gasteiger partial charge is 0.478 e. The second kappa shape index (κ2) is 21.5. The van der Waals surface area contributed by atoms with Crippen molar-refractivity contribution >= 4 is 28.0 Å². The lowest BCUT2D eigenvalue weighted by Gasteiger charge is -2.29. The highest BCUT2D eigenvalue weighted by Crippen LogP contribution is 2.24. The molecule has 0 saturated carbocycles. The van der Waals surface area contributed by atoms with Gasteiger partial charge in [-0.25, -0.2) is 9.97 Å². The third-order valence-electron chi connectivity index (χ3n) is 11.7. The number of carbonyl (C=O) groups excluding carboxylic acids is 2. The minimum Gasteiger partial charge on any atom is -0.478 e. The van der Waals surface area contributed by atoms with Gasteiger partial charge in [0.05, 0.1) is 36.9 Å². The topological polar surface area (TPSA) is 146 Å². The molecule has 2 amide bonds. The molecule has 2 aromatic carbocycles. The summed E-state index contributed by atoms with van der Waals surface area (Å²) >= 11 is 0. The Morgan fingerprint density at radius 2 is 1.11 bits per heavy atom. The fourth-order valence-electron chi connectivity index (χ4n) is 7.78. The van der Waals surface area contributed by atoms with Crippen LogP contribution in [0.4, 0.5) is 0 Å². The Morgan fingerprint density at radius 3 is 1.67 bits per heavy atom. The van der Waals surface area contributed by atoms with E-state index < -0.39 is 16.1 Å². The number of benzene rings is 2. The van der Waals surface area contributed by atoms with Gasteiger partial charge in [0.15, 0.2) is 5.82 Å². The first-order chi connectivity index (χ1) is 31.5. The molecule has 348 valence electrons. The molecule has 0 aliphatic carbocycles. The lowest BCUT2D eigenvalue weighted by atomic mass is 10.00. The van der Waals surface area contributed by atoms with E-state index in [0.717, 1.165) is 66.2 Å². The number of ether oxygens (including phenoxy) is 2. The Balaban J connectivity index is 0.000000196. The first-order valence-electron chi connectivity index (χ1n) is 23.3. The van der Waals surface area contributed by atoms with Crippen molar-refractivity contribution in [3.63, 3.8) is 0 Å². The van der Waals surface area contributed by atoms with Crippen LogP contribution in [-0.4, -0.2) is 104 Å². The summed E-state index contributed by atoms with van der Waals surface area (Å²) < 4.78 is 15.4. The Hall–Kier alpha value is -6.01. The molecule has 66 heavy (non-hydrogen) atoms. The smallest absolute Gasteiger partial charge is 0.317 e. The standard InChI is InChI=1S/2C25H33N5O2Si/c1-19-15-23(32-13-14-33(2,3)4)28-25(27-19)22-16-26-30(18-22)12-10-24(31)29-11-9-20-7-5-6-8-21(20)17-29;1-19-15-23(28-25(27-19)32-13-14-33(2,3)4)22-16-26-30(18-22)12-10-24(31)29-11-9-20-7-5-6-8-21(20)17-29/h2*5-8,15-16,18H,9-14,17H2,1-4H3. The normalized spacial score (nSPS) is 13.6. The third-order valence-corrected chi connectivity index (χ3v) is 15.2. The monoisotopic (exact) mass is 926 g/mol. The van der Waals surface area contributed by atoms with E-state index in [2.05, 4.69) is 106 Å². The van der Waals surface area contributed by atoms with Crippen molar-refractivity contribution in [3.8, 4) is 34.5 Å². The summed E-state index contributed by atoms with van der Waals surface area (Å²) in [6, 6.07) is 23.1. The number of amides is 2. The van der Waals surface area contributed by atoms with Crippen molar-refractivity contribution < 1.29 is 19.1 Å². The summed E-state index contributed by atoms with van der Waals surface area (Å²) in [7, 11) is -2.33. The van der Waals surface area contributed by atoms with Gasteiger partial charge in [-0.2, -0.15) is 20.2 Å². The van der Waals surface area contributed by atoms with E-state index in [1.54, 1.807) is 17.1 Å². The van der Waals surface area contributed by atoms with E-state index >= 15 is 0 Å². The minimum absolute atomic E-state index is 0.159. The molecule has 0 fully saturated rings. The average molecular weight is 927 g/mol. The van der Waals surface area contributed by atoms with Crippen LogP contribution in [-0.2, 0) is 48.6 Å². The summed E-state index contributed by atoms with van der Waals surface area (Å²) in [6.07, 6.45) is 10.1. The molecule has 6 heterocycles. The van der Waals surface area contributed by atoms with Gasteiger partial charge in [-0.1, -0.05) is 87.8 Å². The van der Waals surface area contributed by atoms with Crippen LogP contribution >= 0.6 is 0 Å². The molecule has 2 aliphatic rings. The highest BCUT2D eigenvalue weighted by Gasteiger charge is 2.22. The number of fused-ring (bicyclic) bond motifs is 2. The molecule has 0 bridgehead atoms. The van der Waals surface area contributed by atoms with Crippen molar-refractivity contribution in [3.05, 3.63) is 119 Å². The number of hydrogen-bond donors (Lipinski definition) is 0. The Bertz CT molecular complexity index is 2420. The lowest BCUT2D eigenvalue weighted by Crippen LogP contribution is -2.36. The van der Waals surface area contributed by atoms with Gasteiger partial charge in [-0.05, 0) is 67.1 Å². The average Bonchev–Trinajstić information content (AvgIpc) is 3.97. The molecule has 0 N–H and O–H groups in total. The molecule has 0 unspecified atom stereocenters. The van der Waals surface area contributed by atoms with Gasteiger partial charge in [-0.15, -0.1) is 0 Å². The summed E-state index contributed by atoms with van der Waals surface area (Å²) in [5.41, 5.74) is 9.42. The number of carbonyl (C=O) groups is 2. The molecule has 6 aromatic rings. The van der Waals surface area contributed by atoms with Crippen molar-refractivity contribution in [2.24, 2.45) is 0 Å².